The number of benzene rings is 1. The number of phenolic OH excluding ortho intramolecular Hbond substituents is 1. The fourth-order valence-corrected chi connectivity index (χ4v) is 1.48. The number of phenols is 1. The summed E-state index contributed by atoms with van der Waals surface area (Å²) in [6, 6.07) is 6.90. The van der Waals surface area contributed by atoms with Gasteiger partial charge in [0, 0.05) is 19.4 Å². The lowest BCUT2D eigenvalue weighted by molar-refractivity contribution is 0.474. The van der Waals surface area contributed by atoms with Crippen molar-refractivity contribution in [3.63, 3.8) is 0 Å². The topological polar surface area (TPSA) is 47.2 Å². The maximum absolute atomic E-state index is 11.5. The summed E-state index contributed by atoms with van der Waals surface area (Å²) in [5.74, 6) is 0.219. The summed E-state index contributed by atoms with van der Waals surface area (Å²) >= 11 is 0. The van der Waals surface area contributed by atoms with E-state index in [4.69, 9.17) is 0 Å². The van der Waals surface area contributed by atoms with E-state index in [9.17, 15) is 9.90 Å². The van der Waals surface area contributed by atoms with E-state index in [2.05, 4.69) is 0 Å². The molecule has 4 heteroatoms. The van der Waals surface area contributed by atoms with E-state index in [0.29, 0.717) is 6.54 Å². The smallest absolute Gasteiger partial charge is 0.328 e. The Balaban J connectivity index is 2.30. The van der Waals surface area contributed by atoms with Crippen molar-refractivity contribution in [1.82, 2.24) is 9.13 Å². The minimum Gasteiger partial charge on any atom is -0.508 e. The van der Waals surface area contributed by atoms with Gasteiger partial charge in [-0.3, -0.25) is 4.57 Å². The van der Waals surface area contributed by atoms with Gasteiger partial charge in [0.2, 0.25) is 0 Å². The molecule has 2 rings (SSSR count). The molecule has 0 fully saturated rings. The van der Waals surface area contributed by atoms with Crippen molar-refractivity contribution in [3.05, 3.63) is 52.7 Å². The summed E-state index contributed by atoms with van der Waals surface area (Å²) in [6.07, 6.45) is 3.44. The first kappa shape index (κ1) is 9.58. The molecule has 0 amide bonds. The molecule has 1 aromatic carbocycles. The van der Waals surface area contributed by atoms with Gasteiger partial charge < -0.3 is 9.67 Å². The van der Waals surface area contributed by atoms with Gasteiger partial charge in [-0.15, -0.1) is 0 Å². The molecule has 1 aromatic heterocycles. The van der Waals surface area contributed by atoms with Gasteiger partial charge in [0.15, 0.2) is 0 Å². The molecule has 0 saturated heterocycles. The van der Waals surface area contributed by atoms with Crippen LogP contribution in [0.2, 0.25) is 0 Å². The number of nitrogens with zero attached hydrogens (tertiary/aromatic N) is 2. The molecule has 0 atom stereocenters. The molecule has 0 aliphatic rings. The van der Waals surface area contributed by atoms with Crippen LogP contribution in [0.1, 0.15) is 5.56 Å². The molecule has 15 heavy (non-hydrogen) atoms. The molecule has 0 bridgehead atoms. The van der Waals surface area contributed by atoms with Crippen LogP contribution in [-0.4, -0.2) is 14.2 Å². The van der Waals surface area contributed by atoms with Crippen LogP contribution in [0.3, 0.4) is 0 Å². The zero-order chi connectivity index (χ0) is 10.8. The number of rotatable bonds is 2. The van der Waals surface area contributed by atoms with Gasteiger partial charge in [0.1, 0.15) is 5.75 Å². The molecule has 78 valence electrons. The molecule has 0 aliphatic carbocycles. The molecular weight excluding hydrogens is 192 g/mol. The summed E-state index contributed by atoms with van der Waals surface area (Å²) in [5, 5.41) is 9.27. The third kappa shape index (κ3) is 1.93. The predicted molar refractivity (Wildman–Crippen MR) is 56.9 cm³/mol. The average molecular weight is 204 g/mol. The van der Waals surface area contributed by atoms with Gasteiger partial charge in [-0.05, 0) is 17.7 Å². The third-order valence-corrected chi connectivity index (χ3v) is 2.28. The Hall–Kier alpha value is -1.97. The van der Waals surface area contributed by atoms with Crippen molar-refractivity contribution in [2.75, 3.05) is 0 Å². The van der Waals surface area contributed by atoms with E-state index in [-0.39, 0.29) is 11.4 Å². The van der Waals surface area contributed by atoms with Crippen LogP contribution < -0.4 is 5.69 Å². The maximum Gasteiger partial charge on any atom is 0.328 e. The van der Waals surface area contributed by atoms with E-state index in [1.807, 2.05) is 6.07 Å². The Morgan fingerprint density at radius 1 is 1.33 bits per heavy atom. The van der Waals surface area contributed by atoms with Gasteiger partial charge in [-0.1, -0.05) is 12.1 Å². The largest absolute Gasteiger partial charge is 0.508 e. The van der Waals surface area contributed by atoms with E-state index in [1.54, 1.807) is 42.2 Å². The molecule has 1 N–H and O–H groups in total. The van der Waals surface area contributed by atoms with Crippen LogP contribution in [0.15, 0.2) is 41.5 Å². The highest BCUT2D eigenvalue weighted by Crippen LogP contribution is 2.11. The number of aromatic nitrogens is 2. The first-order valence-corrected chi connectivity index (χ1v) is 4.66. The van der Waals surface area contributed by atoms with Crippen LogP contribution in [0.25, 0.3) is 0 Å². The lowest BCUT2D eigenvalue weighted by atomic mass is 10.2. The standard InChI is InChI=1S/C11H12N2O2/c1-12-5-6-13(11(12)15)8-9-3-2-4-10(14)7-9/h2-7,14H,8H2,1H3. The Kier molecular flexibility index (Phi) is 2.33. The van der Waals surface area contributed by atoms with Crippen LogP contribution >= 0.6 is 0 Å². The van der Waals surface area contributed by atoms with Crippen molar-refractivity contribution in [1.29, 1.82) is 0 Å². The molecule has 4 nitrogen and oxygen atoms in total. The first-order valence-electron chi connectivity index (χ1n) is 4.66. The average Bonchev–Trinajstić information content (AvgIpc) is 2.50. The molecule has 0 saturated carbocycles. The van der Waals surface area contributed by atoms with E-state index < -0.39 is 0 Å². The molecule has 1 heterocycles. The van der Waals surface area contributed by atoms with Crippen molar-refractivity contribution in [2.45, 2.75) is 6.54 Å². The van der Waals surface area contributed by atoms with Gasteiger partial charge in [-0.25, -0.2) is 4.79 Å². The van der Waals surface area contributed by atoms with Crippen LogP contribution in [0.4, 0.5) is 0 Å². The van der Waals surface area contributed by atoms with Gasteiger partial charge in [0.05, 0.1) is 6.54 Å². The van der Waals surface area contributed by atoms with E-state index in [1.165, 1.54) is 4.57 Å². The third-order valence-electron chi connectivity index (χ3n) is 2.28. The van der Waals surface area contributed by atoms with Gasteiger partial charge in [-0.2, -0.15) is 0 Å². The number of hydrogen-bond acceptors (Lipinski definition) is 2. The van der Waals surface area contributed by atoms with Crippen molar-refractivity contribution < 1.29 is 5.11 Å². The zero-order valence-corrected chi connectivity index (χ0v) is 8.42. The Morgan fingerprint density at radius 2 is 2.13 bits per heavy atom. The minimum atomic E-state index is -0.0571. The number of hydrogen-bond donors (Lipinski definition) is 1. The van der Waals surface area contributed by atoms with Gasteiger partial charge >= 0.3 is 5.69 Å². The summed E-state index contributed by atoms with van der Waals surface area (Å²) in [4.78, 5) is 11.5. The fraction of sp³-hybridized carbons (Fsp3) is 0.182. The molecule has 0 aliphatic heterocycles. The van der Waals surface area contributed by atoms with Gasteiger partial charge in [0.25, 0.3) is 0 Å². The quantitative estimate of drug-likeness (QED) is 0.791. The molecule has 2 aromatic rings. The van der Waals surface area contributed by atoms with Crippen molar-refractivity contribution in [3.8, 4) is 5.75 Å². The molecule has 0 spiro atoms. The second-order valence-electron chi connectivity index (χ2n) is 3.49. The fourth-order valence-electron chi connectivity index (χ4n) is 1.48. The summed E-state index contributed by atoms with van der Waals surface area (Å²) in [5.41, 5.74) is 0.849. The number of aromatic hydroxyl groups is 1. The first-order chi connectivity index (χ1) is 7.16. The van der Waals surface area contributed by atoms with Crippen molar-refractivity contribution >= 4 is 0 Å². The SMILES string of the molecule is Cn1ccn(Cc2cccc(O)c2)c1=O. The van der Waals surface area contributed by atoms with E-state index in [0.717, 1.165) is 5.56 Å². The number of aryl methyl sites for hydroxylation is 1. The maximum atomic E-state index is 11.5. The monoisotopic (exact) mass is 204 g/mol. The lowest BCUT2D eigenvalue weighted by Crippen LogP contribution is -2.22. The Morgan fingerprint density at radius 3 is 2.73 bits per heavy atom. The summed E-state index contributed by atoms with van der Waals surface area (Å²) in [7, 11) is 1.71. The van der Waals surface area contributed by atoms with Crippen LogP contribution in [0.5, 0.6) is 5.75 Å². The van der Waals surface area contributed by atoms with Crippen LogP contribution in [-0.2, 0) is 13.6 Å². The number of imidazole rings is 1. The predicted octanol–water partition coefficient (Wildman–Crippen LogP) is 0.941. The molecular formula is C11H12N2O2. The highest BCUT2D eigenvalue weighted by atomic mass is 16.3. The molecule has 0 radical (unpaired) electrons. The second kappa shape index (κ2) is 3.65. The Labute approximate surface area is 87.0 Å². The second-order valence-corrected chi connectivity index (χ2v) is 3.49. The van der Waals surface area contributed by atoms with Crippen LogP contribution in [0, 0.1) is 0 Å². The lowest BCUT2D eigenvalue weighted by Gasteiger charge is -2.02. The molecule has 0 unspecified atom stereocenters. The summed E-state index contributed by atoms with van der Waals surface area (Å²) < 4.78 is 3.11. The van der Waals surface area contributed by atoms with Crippen molar-refractivity contribution in [2.24, 2.45) is 7.05 Å². The van der Waals surface area contributed by atoms with E-state index >= 15 is 0 Å². The summed E-state index contributed by atoms with van der Waals surface area (Å²) in [6.45, 7) is 0.480. The highest BCUT2D eigenvalue weighted by molar-refractivity contribution is 5.27. The Bertz CT molecular complexity index is 525. The highest BCUT2D eigenvalue weighted by Gasteiger charge is 2.01. The zero-order valence-electron chi connectivity index (χ0n) is 8.42. The normalized spacial score (nSPS) is 10.5. The minimum absolute atomic E-state index is 0.0571.